The van der Waals surface area contributed by atoms with Crippen molar-refractivity contribution in [3.63, 3.8) is 0 Å². The van der Waals surface area contributed by atoms with E-state index in [0.717, 1.165) is 35.1 Å². The Hall–Kier alpha value is -2.68. The third kappa shape index (κ3) is 2.71. The summed E-state index contributed by atoms with van der Waals surface area (Å²) in [5, 5.41) is 13.0. The van der Waals surface area contributed by atoms with E-state index in [0.29, 0.717) is 5.75 Å². The van der Waals surface area contributed by atoms with Crippen molar-refractivity contribution in [1.82, 2.24) is 0 Å². The number of hydrogen-bond acceptors (Lipinski definition) is 3. The molecule has 0 saturated heterocycles. The van der Waals surface area contributed by atoms with Gasteiger partial charge in [-0.05, 0) is 76.9 Å². The molecule has 3 aromatic carbocycles. The molecule has 0 heterocycles. The second kappa shape index (κ2) is 6.98. The molecular formula is C26H28O3. The fourth-order valence-electron chi connectivity index (χ4n) is 5.64. The quantitative estimate of drug-likeness (QED) is 0.539. The molecule has 3 aromatic rings. The van der Waals surface area contributed by atoms with E-state index >= 15 is 0 Å². The molecule has 3 nitrogen and oxygen atoms in total. The number of methoxy groups -OCH3 is 2. The molecule has 0 bridgehead atoms. The van der Waals surface area contributed by atoms with E-state index in [-0.39, 0.29) is 5.41 Å². The van der Waals surface area contributed by atoms with Crippen LogP contribution in [0.5, 0.6) is 17.2 Å². The van der Waals surface area contributed by atoms with E-state index in [4.69, 9.17) is 9.47 Å². The lowest BCUT2D eigenvalue weighted by molar-refractivity contribution is 0.368. The lowest BCUT2D eigenvalue weighted by atomic mass is 9.69. The third-order valence-electron chi connectivity index (χ3n) is 7.06. The summed E-state index contributed by atoms with van der Waals surface area (Å²) in [6.45, 7) is 0. The van der Waals surface area contributed by atoms with Gasteiger partial charge in [-0.15, -0.1) is 0 Å². The van der Waals surface area contributed by atoms with Gasteiger partial charge in [0, 0.05) is 10.8 Å². The molecule has 150 valence electrons. The third-order valence-corrected chi connectivity index (χ3v) is 7.06. The number of benzene rings is 3. The van der Waals surface area contributed by atoms with Crippen LogP contribution in [0.2, 0.25) is 0 Å². The van der Waals surface area contributed by atoms with Crippen LogP contribution in [0.3, 0.4) is 0 Å². The summed E-state index contributed by atoms with van der Waals surface area (Å²) < 4.78 is 11.0. The molecule has 3 heteroatoms. The number of ether oxygens (including phenoxy) is 2. The molecule has 29 heavy (non-hydrogen) atoms. The van der Waals surface area contributed by atoms with Crippen LogP contribution in [-0.4, -0.2) is 19.3 Å². The molecule has 2 aliphatic carbocycles. The van der Waals surface area contributed by atoms with Gasteiger partial charge in [-0.1, -0.05) is 38.2 Å². The van der Waals surface area contributed by atoms with E-state index < -0.39 is 0 Å². The van der Waals surface area contributed by atoms with Gasteiger partial charge in [-0.25, -0.2) is 0 Å². The van der Waals surface area contributed by atoms with Gasteiger partial charge < -0.3 is 14.6 Å². The number of rotatable bonds is 2. The summed E-state index contributed by atoms with van der Waals surface area (Å²) in [6, 6.07) is 14.6. The zero-order chi connectivity index (χ0) is 20.0. The summed E-state index contributed by atoms with van der Waals surface area (Å²) in [6.07, 6.45) is 8.59. The van der Waals surface area contributed by atoms with Crippen LogP contribution < -0.4 is 9.47 Å². The largest absolute Gasteiger partial charge is 0.507 e. The van der Waals surface area contributed by atoms with Gasteiger partial charge in [0.2, 0.25) is 0 Å². The van der Waals surface area contributed by atoms with Crippen molar-refractivity contribution in [2.45, 2.75) is 50.4 Å². The minimum absolute atomic E-state index is 0.0365. The van der Waals surface area contributed by atoms with E-state index in [2.05, 4.69) is 24.3 Å². The second-order valence-electron chi connectivity index (χ2n) is 8.49. The molecule has 0 aliphatic heterocycles. The van der Waals surface area contributed by atoms with E-state index in [1.807, 2.05) is 18.2 Å². The molecule has 0 unspecified atom stereocenters. The van der Waals surface area contributed by atoms with Crippen molar-refractivity contribution >= 4 is 10.8 Å². The maximum atomic E-state index is 11.0. The highest BCUT2D eigenvalue weighted by Crippen LogP contribution is 2.58. The van der Waals surface area contributed by atoms with Gasteiger partial charge in [0.1, 0.15) is 17.2 Å². The zero-order valence-corrected chi connectivity index (χ0v) is 17.3. The van der Waals surface area contributed by atoms with Crippen molar-refractivity contribution in [3.8, 4) is 28.4 Å². The Morgan fingerprint density at radius 2 is 1.38 bits per heavy atom. The highest BCUT2D eigenvalue weighted by Gasteiger charge is 2.44. The number of aromatic hydroxyl groups is 1. The first-order chi connectivity index (χ1) is 14.2. The number of hydrogen-bond donors (Lipinski definition) is 1. The van der Waals surface area contributed by atoms with Gasteiger partial charge in [0.15, 0.2) is 0 Å². The van der Waals surface area contributed by atoms with Gasteiger partial charge >= 0.3 is 0 Å². The van der Waals surface area contributed by atoms with Crippen molar-refractivity contribution in [1.29, 1.82) is 0 Å². The monoisotopic (exact) mass is 388 g/mol. The van der Waals surface area contributed by atoms with Gasteiger partial charge in [0.25, 0.3) is 0 Å². The van der Waals surface area contributed by atoms with Gasteiger partial charge in [-0.3, -0.25) is 0 Å². The molecule has 0 aromatic heterocycles. The van der Waals surface area contributed by atoms with Crippen LogP contribution in [-0.2, 0) is 5.41 Å². The number of phenols is 1. The molecule has 1 spiro atoms. The predicted molar refractivity (Wildman–Crippen MR) is 117 cm³/mol. The van der Waals surface area contributed by atoms with Crippen molar-refractivity contribution in [3.05, 3.63) is 53.6 Å². The molecule has 1 saturated carbocycles. The normalized spacial score (nSPS) is 17.4. The number of phenolic OH excluding ortho intramolecular Hbond substituents is 1. The summed E-state index contributed by atoms with van der Waals surface area (Å²) in [5.41, 5.74) is 5.19. The number of fused-ring (bicyclic) bond motifs is 7. The van der Waals surface area contributed by atoms with Crippen LogP contribution in [0.25, 0.3) is 21.9 Å². The summed E-state index contributed by atoms with van der Waals surface area (Å²) in [5.74, 6) is 2.02. The van der Waals surface area contributed by atoms with E-state index in [9.17, 15) is 5.11 Å². The highest BCUT2D eigenvalue weighted by atomic mass is 16.5. The van der Waals surface area contributed by atoms with Crippen molar-refractivity contribution in [2.24, 2.45) is 0 Å². The summed E-state index contributed by atoms with van der Waals surface area (Å²) in [4.78, 5) is 0. The first kappa shape index (κ1) is 18.4. The SMILES string of the molecule is COc1ccc2c(c1)C1(CCCCCCC1)c1cc(O)c3cc(OC)ccc3c1-2. The summed E-state index contributed by atoms with van der Waals surface area (Å²) >= 11 is 0. The fraction of sp³-hybridized carbons (Fsp3) is 0.385. The molecule has 1 N–H and O–H groups in total. The Bertz CT molecular complexity index is 1070. The Morgan fingerprint density at radius 3 is 2.10 bits per heavy atom. The first-order valence-electron chi connectivity index (χ1n) is 10.7. The second-order valence-corrected chi connectivity index (χ2v) is 8.49. The topological polar surface area (TPSA) is 38.7 Å². The van der Waals surface area contributed by atoms with Gasteiger partial charge in [-0.2, -0.15) is 0 Å². The summed E-state index contributed by atoms with van der Waals surface area (Å²) in [7, 11) is 3.40. The Balaban J connectivity index is 1.84. The average Bonchev–Trinajstić information content (AvgIpc) is 3.00. The van der Waals surface area contributed by atoms with Crippen LogP contribution in [0.1, 0.15) is 56.1 Å². The van der Waals surface area contributed by atoms with Crippen LogP contribution in [0.4, 0.5) is 0 Å². The zero-order valence-electron chi connectivity index (χ0n) is 17.3. The molecule has 2 aliphatic rings. The standard InChI is InChI=1S/C26H28O3/c1-28-17-8-10-19-21(14-17)24(27)16-23-25(19)20-11-9-18(29-2)15-22(20)26(23)12-6-4-3-5-7-13-26/h8-11,14-16,27H,3-7,12-13H2,1-2H3. The lowest BCUT2D eigenvalue weighted by Crippen LogP contribution is -2.26. The maximum Gasteiger partial charge on any atom is 0.123 e. The van der Waals surface area contributed by atoms with Crippen LogP contribution >= 0.6 is 0 Å². The maximum absolute atomic E-state index is 11.0. The van der Waals surface area contributed by atoms with Gasteiger partial charge in [0.05, 0.1) is 14.2 Å². The molecular weight excluding hydrogens is 360 g/mol. The molecule has 0 radical (unpaired) electrons. The molecule has 5 rings (SSSR count). The minimum atomic E-state index is -0.0365. The fourth-order valence-corrected chi connectivity index (χ4v) is 5.64. The average molecular weight is 389 g/mol. The Labute approximate surface area is 172 Å². The van der Waals surface area contributed by atoms with Crippen molar-refractivity contribution in [2.75, 3.05) is 14.2 Å². The molecule has 0 atom stereocenters. The first-order valence-corrected chi connectivity index (χ1v) is 10.7. The Kier molecular flexibility index (Phi) is 4.42. The predicted octanol–water partition coefficient (Wildman–Crippen LogP) is 6.57. The smallest absolute Gasteiger partial charge is 0.123 e. The lowest BCUT2D eigenvalue weighted by Gasteiger charge is -2.34. The van der Waals surface area contributed by atoms with Crippen LogP contribution in [0, 0.1) is 0 Å². The minimum Gasteiger partial charge on any atom is -0.507 e. The van der Waals surface area contributed by atoms with Crippen LogP contribution in [0.15, 0.2) is 42.5 Å². The Morgan fingerprint density at radius 1 is 0.724 bits per heavy atom. The molecule has 1 fully saturated rings. The molecule has 0 amide bonds. The van der Waals surface area contributed by atoms with E-state index in [1.54, 1.807) is 14.2 Å². The van der Waals surface area contributed by atoms with E-state index in [1.165, 1.54) is 54.4 Å². The van der Waals surface area contributed by atoms with Crippen molar-refractivity contribution < 1.29 is 14.6 Å². The highest BCUT2D eigenvalue weighted by molar-refractivity contribution is 6.05.